The van der Waals surface area contributed by atoms with Crippen LogP contribution in [0.3, 0.4) is 0 Å². The highest BCUT2D eigenvalue weighted by Crippen LogP contribution is 2.24. The average molecular weight is 326 g/mol. The molecule has 2 rings (SSSR count). The number of sulfonamides is 1. The van der Waals surface area contributed by atoms with E-state index in [0.717, 1.165) is 16.4 Å². The second-order valence-corrected chi connectivity index (χ2v) is 7.05. The number of aliphatic carboxylic acids is 1. The summed E-state index contributed by atoms with van der Waals surface area (Å²) in [5.41, 5.74) is 0.103. The number of nitriles is 1. The maximum atomic E-state index is 13.1. The van der Waals surface area contributed by atoms with Gasteiger partial charge in [-0.25, -0.2) is 12.8 Å². The van der Waals surface area contributed by atoms with Crippen molar-refractivity contribution in [3.05, 3.63) is 35.1 Å². The van der Waals surface area contributed by atoms with E-state index in [1.807, 2.05) is 0 Å². The number of hydrogen-bond donors (Lipinski definition) is 1. The monoisotopic (exact) mass is 326 g/mol. The summed E-state index contributed by atoms with van der Waals surface area (Å²) in [4.78, 5) is 11.2. The average Bonchev–Trinajstić information content (AvgIpc) is 2.48. The van der Waals surface area contributed by atoms with Crippen LogP contribution in [-0.2, 0) is 20.6 Å². The highest BCUT2D eigenvalue weighted by Gasteiger charge is 2.36. The highest BCUT2D eigenvalue weighted by atomic mass is 32.2. The van der Waals surface area contributed by atoms with Crippen LogP contribution < -0.4 is 0 Å². The van der Waals surface area contributed by atoms with Gasteiger partial charge in [0.15, 0.2) is 0 Å². The molecule has 0 bridgehead atoms. The zero-order valence-corrected chi connectivity index (χ0v) is 12.5. The molecule has 1 N–H and O–H groups in total. The van der Waals surface area contributed by atoms with E-state index in [1.165, 1.54) is 6.07 Å². The molecule has 1 aromatic carbocycles. The van der Waals surface area contributed by atoms with Gasteiger partial charge < -0.3 is 5.11 Å². The number of nitrogens with zero attached hydrogens (tertiary/aromatic N) is 2. The second kappa shape index (κ2) is 6.42. The summed E-state index contributed by atoms with van der Waals surface area (Å²) in [6.07, 6.45) is 1.52. The van der Waals surface area contributed by atoms with E-state index in [4.69, 9.17) is 10.4 Å². The Morgan fingerprint density at radius 2 is 2.18 bits per heavy atom. The third-order valence-corrected chi connectivity index (χ3v) is 5.45. The number of carboxylic acids is 1. The largest absolute Gasteiger partial charge is 0.480 e. The molecule has 1 heterocycles. The Morgan fingerprint density at radius 3 is 2.82 bits per heavy atom. The van der Waals surface area contributed by atoms with Crippen LogP contribution in [0.4, 0.5) is 4.39 Å². The van der Waals surface area contributed by atoms with Gasteiger partial charge in [-0.05, 0) is 37.0 Å². The first-order chi connectivity index (χ1) is 10.3. The number of carboxylic acid groups (broad SMARTS) is 1. The first-order valence-corrected chi connectivity index (χ1v) is 8.37. The van der Waals surface area contributed by atoms with Crippen molar-refractivity contribution in [2.75, 3.05) is 6.54 Å². The smallest absolute Gasteiger partial charge is 0.322 e. The lowest BCUT2D eigenvalue weighted by atomic mass is 10.1. The third kappa shape index (κ3) is 3.43. The van der Waals surface area contributed by atoms with Crippen LogP contribution in [0.2, 0.25) is 0 Å². The van der Waals surface area contributed by atoms with Gasteiger partial charge in [0.2, 0.25) is 10.0 Å². The van der Waals surface area contributed by atoms with Crippen molar-refractivity contribution in [1.29, 1.82) is 5.26 Å². The van der Waals surface area contributed by atoms with Gasteiger partial charge in [-0.15, -0.1) is 0 Å². The number of rotatable bonds is 4. The first-order valence-electron chi connectivity index (χ1n) is 6.76. The molecule has 0 aliphatic carbocycles. The normalized spacial score (nSPS) is 19.5. The van der Waals surface area contributed by atoms with Crippen LogP contribution in [0.5, 0.6) is 0 Å². The minimum absolute atomic E-state index is 0.0625. The molecule has 22 heavy (non-hydrogen) atoms. The molecule has 1 aliphatic rings. The van der Waals surface area contributed by atoms with E-state index in [-0.39, 0.29) is 24.1 Å². The van der Waals surface area contributed by atoms with Crippen molar-refractivity contribution in [2.45, 2.75) is 31.1 Å². The Bertz CT molecular complexity index is 727. The number of piperidine rings is 1. The molecule has 0 aromatic heterocycles. The van der Waals surface area contributed by atoms with E-state index in [2.05, 4.69) is 0 Å². The number of halogens is 1. The zero-order valence-electron chi connectivity index (χ0n) is 11.7. The summed E-state index contributed by atoms with van der Waals surface area (Å²) in [5, 5.41) is 18.1. The lowest BCUT2D eigenvalue weighted by Crippen LogP contribution is -2.48. The molecule has 1 aliphatic heterocycles. The fourth-order valence-electron chi connectivity index (χ4n) is 2.54. The zero-order chi connectivity index (χ0) is 16.3. The lowest BCUT2D eigenvalue weighted by molar-refractivity contribution is -0.142. The van der Waals surface area contributed by atoms with Gasteiger partial charge in [0.1, 0.15) is 11.9 Å². The van der Waals surface area contributed by atoms with Crippen molar-refractivity contribution < 1.29 is 22.7 Å². The molecule has 8 heteroatoms. The molecule has 0 spiro atoms. The van der Waals surface area contributed by atoms with Gasteiger partial charge >= 0.3 is 5.97 Å². The SMILES string of the molecule is N#Cc1cc(F)ccc1CS(=O)(=O)N1CCCCC1C(=O)O. The van der Waals surface area contributed by atoms with Crippen molar-refractivity contribution in [3.8, 4) is 6.07 Å². The molecule has 1 fully saturated rings. The molecule has 6 nitrogen and oxygen atoms in total. The molecule has 1 unspecified atom stereocenters. The molecular formula is C14H15FN2O4S. The predicted molar refractivity (Wildman–Crippen MR) is 75.7 cm³/mol. The van der Waals surface area contributed by atoms with Gasteiger partial charge in [0.05, 0.1) is 17.4 Å². The van der Waals surface area contributed by atoms with Gasteiger partial charge in [0, 0.05) is 6.54 Å². The van der Waals surface area contributed by atoms with Crippen LogP contribution in [0, 0.1) is 17.1 Å². The van der Waals surface area contributed by atoms with Crippen molar-refractivity contribution in [3.63, 3.8) is 0 Å². The predicted octanol–water partition coefficient (Wildman–Crippen LogP) is 1.47. The summed E-state index contributed by atoms with van der Waals surface area (Å²) < 4.78 is 39.0. The number of carbonyl (C=O) groups is 1. The van der Waals surface area contributed by atoms with Crippen molar-refractivity contribution in [1.82, 2.24) is 4.31 Å². The van der Waals surface area contributed by atoms with Gasteiger partial charge in [0.25, 0.3) is 0 Å². The van der Waals surface area contributed by atoms with E-state index in [9.17, 15) is 17.6 Å². The van der Waals surface area contributed by atoms with E-state index in [0.29, 0.717) is 12.8 Å². The topological polar surface area (TPSA) is 98.5 Å². The second-order valence-electron chi connectivity index (χ2n) is 5.13. The molecule has 1 atom stereocenters. The van der Waals surface area contributed by atoms with Crippen LogP contribution in [0.25, 0.3) is 0 Å². The van der Waals surface area contributed by atoms with E-state index in [1.54, 1.807) is 6.07 Å². The van der Waals surface area contributed by atoms with Gasteiger partial charge in [-0.1, -0.05) is 6.07 Å². The molecule has 1 aromatic rings. The Kier molecular flexibility index (Phi) is 4.78. The number of hydrogen-bond acceptors (Lipinski definition) is 4. The molecule has 118 valence electrons. The first kappa shape index (κ1) is 16.4. The van der Waals surface area contributed by atoms with Crippen LogP contribution >= 0.6 is 0 Å². The fraction of sp³-hybridized carbons (Fsp3) is 0.429. The summed E-state index contributed by atoms with van der Waals surface area (Å²) in [6, 6.07) is 3.97. The highest BCUT2D eigenvalue weighted by molar-refractivity contribution is 7.88. The van der Waals surface area contributed by atoms with Crippen LogP contribution in [0.1, 0.15) is 30.4 Å². The molecule has 0 radical (unpaired) electrons. The minimum atomic E-state index is -3.90. The van der Waals surface area contributed by atoms with Crippen LogP contribution in [-0.4, -0.2) is 36.4 Å². The summed E-state index contributed by atoms with van der Waals surface area (Å²) in [6.45, 7) is 0.141. The molecule has 0 saturated carbocycles. The quantitative estimate of drug-likeness (QED) is 0.903. The van der Waals surface area contributed by atoms with Gasteiger partial charge in [-0.3, -0.25) is 4.79 Å². The Labute approximate surface area is 127 Å². The van der Waals surface area contributed by atoms with E-state index >= 15 is 0 Å². The van der Waals surface area contributed by atoms with Crippen LogP contribution in [0.15, 0.2) is 18.2 Å². The Hall–Kier alpha value is -1.98. The Morgan fingerprint density at radius 1 is 1.45 bits per heavy atom. The lowest BCUT2D eigenvalue weighted by Gasteiger charge is -2.31. The van der Waals surface area contributed by atoms with Crippen molar-refractivity contribution in [2.24, 2.45) is 0 Å². The summed E-state index contributed by atoms with van der Waals surface area (Å²) in [5.74, 6) is -2.32. The van der Waals surface area contributed by atoms with E-state index < -0.39 is 33.6 Å². The molecule has 1 saturated heterocycles. The fourth-order valence-corrected chi connectivity index (χ4v) is 4.34. The minimum Gasteiger partial charge on any atom is -0.480 e. The third-order valence-electron chi connectivity index (χ3n) is 3.63. The standard InChI is InChI=1S/C14H15FN2O4S/c15-12-5-4-10(11(7-12)8-16)9-22(20,21)17-6-2-1-3-13(17)14(18)19/h4-5,7,13H,1-3,6,9H2,(H,18,19). The maximum absolute atomic E-state index is 13.1. The summed E-state index contributed by atoms with van der Waals surface area (Å²) in [7, 11) is -3.90. The van der Waals surface area contributed by atoms with Crippen molar-refractivity contribution >= 4 is 16.0 Å². The molecular weight excluding hydrogens is 311 g/mol. The van der Waals surface area contributed by atoms with Gasteiger partial charge in [-0.2, -0.15) is 9.57 Å². The Balaban J connectivity index is 2.31. The summed E-state index contributed by atoms with van der Waals surface area (Å²) >= 11 is 0. The number of benzene rings is 1. The molecule has 0 amide bonds. The maximum Gasteiger partial charge on any atom is 0.322 e.